The number of benzene rings is 1. The fraction of sp³-hybridized carbons (Fsp3) is 0.556. The Morgan fingerprint density at radius 3 is 2.75 bits per heavy atom. The molecule has 2 heterocycles. The highest BCUT2D eigenvalue weighted by Crippen LogP contribution is 2.30. The molecule has 0 radical (unpaired) electrons. The standard InChI is InChI=1S/C18H23FN2O3/c1-12-9-13(18(23)24)11-20(10-12)16-7-4-8-21(17(16)22)15-6-3-2-5-14(15)19/h2-3,5-6,12-13,16H,4,7-11H2,1H3,(H,23,24). The van der Waals surface area contributed by atoms with Crippen molar-refractivity contribution in [1.29, 1.82) is 0 Å². The van der Waals surface area contributed by atoms with E-state index in [-0.39, 0.29) is 17.9 Å². The van der Waals surface area contributed by atoms with Gasteiger partial charge in [-0.1, -0.05) is 19.1 Å². The fourth-order valence-corrected chi connectivity index (χ4v) is 3.93. The third-order valence-electron chi connectivity index (χ3n) is 5.03. The third-order valence-corrected chi connectivity index (χ3v) is 5.03. The summed E-state index contributed by atoms with van der Waals surface area (Å²) in [7, 11) is 0. The Hall–Kier alpha value is -1.95. The molecule has 0 saturated carbocycles. The minimum atomic E-state index is -0.805. The van der Waals surface area contributed by atoms with E-state index in [0.29, 0.717) is 38.2 Å². The highest BCUT2D eigenvalue weighted by molar-refractivity contribution is 5.98. The molecule has 2 fully saturated rings. The van der Waals surface area contributed by atoms with Crippen LogP contribution in [0.4, 0.5) is 10.1 Å². The van der Waals surface area contributed by atoms with Crippen LogP contribution in [-0.2, 0) is 9.59 Å². The summed E-state index contributed by atoms with van der Waals surface area (Å²) in [6.45, 7) is 3.62. The van der Waals surface area contributed by atoms with Crippen molar-refractivity contribution < 1.29 is 19.1 Å². The SMILES string of the molecule is CC1CC(C(=O)O)CN(C2CCCN(c3ccccc3F)C2=O)C1. The van der Waals surface area contributed by atoms with Crippen LogP contribution in [-0.4, -0.2) is 47.6 Å². The summed E-state index contributed by atoms with van der Waals surface area (Å²) >= 11 is 0. The lowest BCUT2D eigenvalue weighted by molar-refractivity contribution is -0.146. The molecule has 6 heteroatoms. The van der Waals surface area contributed by atoms with E-state index in [9.17, 15) is 19.1 Å². The van der Waals surface area contributed by atoms with Crippen LogP contribution >= 0.6 is 0 Å². The van der Waals surface area contributed by atoms with E-state index in [1.807, 2.05) is 11.8 Å². The minimum Gasteiger partial charge on any atom is -0.481 e. The van der Waals surface area contributed by atoms with Gasteiger partial charge in [0, 0.05) is 19.6 Å². The van der Waals surface area contributed by atoms with Crippen molar-refractivity contribution in [3.8, 4) is 0 Å². The van der Waals surface area contributed by atoms with Crippen LogP contribution in [0.1, 0.15) is 26.2 Å². The second-order valence-electron chi connectivity index (χ2n) is 6.93. The molecule has 1 aromatic carbocycles. The number of para-hydroxylation sites is 1. The Balaban J connectivity index is 1.80. The number of piperidine rings is 2. The number of aliphatic carboxylic acids is 1. The Kier molecular flexibility index (Phi) is 4.85. The summed E-state index contributed by atoms with van der Waals surface area (Å²) < 4.78 is 14.1. The maximum atomic E-state index is 14.1. The van der Waals surface area contributed by atoms with E-state index in [0.717, 1.165) is 6.42 Å². The van der Waals surface area contributed by atoms with E-state index in [1.54, 1.807) is 18.2 Å². The first-order valence-corrected chi connectivity index (χ1v) is 8.50. The lowest BCUT2D eigenvalue weighted by Crippen LogP contribution is -2.56. The molecule has 130 valence electrons. The first-order valence-electron chi connectivity index (χ1n) is 8.50. The smallest absolute Gasteiger partial charge is 0.307 e. The van der Waals surface area contributed by atoms with Gasteiger partial charge in [0.1, 0.15) is 5.82 Å². The second-order valence-corrected chi connectivity index (χ2v) is 6.93. The van der Waals surface area contributed by atoms with Gasteiger partial charge >= 0.3 is 5.97 Å². The first kappa shape index (κ1) is 16.9. The average Bonchev–Trinajstić information content (AvgIpc) is 2.55. The van der Waals surface area contributed by atoms with Gasteiger partial charge in [0.05, 0.1) is 17.6 Å². The summed E-state index contributed by atoms with van der Waals surface area (Å²) in [5, 5.41) is 9.33. The Bertz CT molecular complexity index is 636. The molecule has 2 saturated heterocycles. The number of hydrogen-bond acceptors (Lipinski definition) is 3. The van der Waals surface area contributed by atoms with Crippen LogP contribution in [0.25, 0.3) is 0 Å². The number of halogens is 1. The van der Waals surface area contributed by atoms with Crippen molar-refractivity contribution in [1.82, 2.24) is 4.90 Å². The quantitative estimate of drug-likeness (QED) is 0.922. The predicted octanol–water partition coefficient (Wildman–Crippen LogP) is 2.36. The monoisotopic (exact) mass is 334 g/mol. The number of rotatable bonds is 3. The molecule has 2 aliphatic rings. The summed E-state index contributed by atoms with van der Waals surface area (Å²) in [6.07, 6.45) is 2.12. The molecule has 2 aliphatic heterocycles. The van der Waals surface area contributed by atoms with Gasteiger partial charge in [0.15, 0.2) is 0 Å². The molecule has 0 bridgehead atoms. The molecular formula is C18H23FN2O3. The number of likely N-dealkylation sites (tertiary alicyclic amines) is 1. The van der Waals surface area contributed by atoms with Crippen LogP contribution in [0.15, 0.2) is 24.3 Å². The number of carbonyl (C=O) groups is 2. The number of carboxylic acid groups (broad SMARTS) is 1. The molecule has 1 N–H and O–H groups in total. The molecule has 5 nitrogen and oxygen atoms in total. The lowest BCUT2D eigenvalue weighted by atomic mass is 9.88. The van der Waals surface area contributed by atoms with Crippen LogP contribution in [0.2, 0.25) is 0 Å². The fourth-order valence-electron chi connectivity index (χ4n) is 3.93. The maximum absolute atomic E-state index is 14.1. The minimum absolute atomic E-state index is 0.121. The summed E-state index contributed by atoms with van der Waals surface area (Å²) in [5.74, 6) is -1.53. The Labute approximate surface area is 141 Å². The summed E-state index contributed by atoms with van der Waals surface area (Å²) in [4.78, 5) is 27.8. The summed E-state index contributed by atoms with van der Waals surface area (Å²) in [6, 6.07) is 5.94. The van der Waals surface area contributed by atoms with E-state index in [4.69, 9.17) is 0 Å². The third kappa shape index (κ3) is 3.29. The maximum Gasteiger partial charge on any atom is 0.307 e. The zero-order chi connectivity index (χ0) is 17.3. The number of nitrogens with zero attached hydrogens (tertiary/aromatic N) is 2. The van der Waals surface area contributed by atoms with Crippen LogP contribution in [0.3, 0.4) is 0 Å². The molecule has 0 aromatic heterocycles. The van der Waals surface area contributed by atoms with Crippen molar-refractivity contribution in [2.24, 2.45) is 11.8 Å². The van der Waals surface area contributed by atoms with Crippen molar-refractivity contribution in [2.45, 2.75) is 32.2 Å². The van der Waals surface area contributed by atoms with Crippen LogP contribution < -0.4 is 4.90 Å². The van der Waals surface area contributed by atoms with Crippen molar-refractivity contribution in [2.75, 3.05) is 24.5 Å². The van der Waals surface area contributed by atoms with Gasteiger partial charge in [-0.2, -0.15) is 0 Å². The van der Waals surface area contributed by atoms with E-state index in [1.165, 1.54) is 11.0 Å². The largest absolute Gasteiger partial charge is 0.481 e. The molecule has 0 spiro atoms. The van der Waals surface area contributed by atoms with Crippen molar-refractivity contribution >= 4 is 17.6 Å². The van der Waals surface area contributed by atoms with Gasteiger partial charge in [-0.15, -0.1) is 0 Å². The van der Waals surface area contributed by atoms with Gasteiger partial charge in [-0.25, -0.2) is 4.39 Å². The topological polar surface area (TPSA) is 60.9 Å². The van der Waals surface area contributed by atoms with Gasteiger partial charge in [0.25, 0.3) is 0 Å². The molecule has 1 aromatic rings. The number of hydrogen-bond donors (Lipinski definition) is 1. The second kappa shape index (κ2) is 6.89. The average molecular weight is 334 g/mol. The Morgan fingerprint density at radius 2 is 2.04 bits per heavy atom. The lowest BCUT2D eigenvalue weighted by Gasteiger charge is -2.43. The van der Waals surface area contributed by atoms with E-state index >= 15 is 0 Å². The summed E-state index contributed by atoms with van der Waals surface area (Å²) in [5.41, 5.74) is 0.312. The normalized spacial score (nSPS) is 28.8. The number of carbonyl (C=O) groups excluding carboxylic acids is 1. The van der Waals surface area contributed by atoms with Gasteiger partial charge in [-0.3, -0.25) is 14.5 Å². The Morgan fingerprint density at radius 1 is 1.29 bits per heavy atom. The molecule has 1 amide bonds. The van der Waals surface area contributed by atoms with E-state index in [2.05, 4.69) is 0 Å². The molecule has 3 unspecified atom stereocenters. The van der Waals surface area contributed by atoms with Crippen LogP contribution in [0, 0.1) is 17.7 Å². The first-order chi connectivity index (χ1) is 11.5. The highest BCUT2D eigenvalue weighted by atomic mass is 19.1. The van der Waals surface area contributed by atoms with Crippen molar-refractivity contribution in [3.63, 3.8) is 0 Å². The van der Waals surface area contributed by atoms with Crippen LogP contribution in [0.5, 0.6) is 0 Å². The molecular weight excluding hydrogens is 311 g/mol. The van der Waals surface area contributed by atoms with E-state index < -0.39 is 17.7 Å². The molecule has 0 aliphatic carbocycles. The van der Waals surface area contributed by atoms with Crippen molar-refractivity contribution in [3.05, 3.63) is 30.1 Å². The number of amides is 1. The highest BCUT2D eigenvalue weighted by Gasteiger charge is 2.39. The predicted molar refractivity (Wildman–Crippen MR) is 88.3 cm³/mol. The number of anilines is 1. The zero-order valence-electron chi connectivity index (χ0n) is 13.8. The molecule has 3 atom stereocenters. The van der Waals surface area contributed by atoms with Gasteiger partial charge in [0.2, 0.25) is 5.91 Å². The molecule has 3 rings (SSSR count). The van der Waals surface area contributed by atoms with Gasteiger partial charge in [-0.05, 0) is 37.3 Å². The number of carboxylic acids is 1. The molecule has 24 heavy (non-hydrogen) atoms. The zero-order valence-corrected chi connectivity index (χ0v) is 13.8. The van der Waals surface area contributed by atoms with Gasteiger partial charge < -0.3 is 10.0 Å².